The van der Waals surface area contributed by atoms with Crippen molar-refractivity contribution in [3.05, 3.63) is 143 Å². The zero-order chi connectivity index (χ0) is 25.7. The van der Waals surface area contributed by atoms with E-state index in [9.17, 15) is 24.3 Å². The molecule has 10 heteroatoms. The first-order valence-electron chi connectivity index (χ1n) is 11.3. The Labute approximate surface area is 207 Å². The normalized spacial score (nSPS) is 13.9. The smallest absolute Gasteiger partial charge is 0.335 e. The lowest BCUT2D eigenvalue weighted by atomic mass is 9.84. The van der Waals surface area contributed by atoms with Crippen molar-refractivity contribution in [2.75, 3.05) is 0 Å². The van der Waals surface area contributed by atoms with E-state index in [1.807, 2.05) is 0 Å². The molecule has 0 fully saturated rings. The summed E-state index contributed by atoms with van der Waals surface area (Å²) in [5.74, 6) is -1.67. The molecule has 0 unspecified atom stereocenters. The predicted octanol–water partition coefficient (Wildman–Crippen LogP) is 2.36. The standard InChI is InChI=1S/C27H18N4O6/c32-22-20(24(33)30(26(35)28-22)15-9-3-1-4-10-15)19-17-13-7-8-14-18(17)37-23-21(19)25(34)31(27(36)29-23)16-11-5-2-6-12-16/h1-14,19,33H,(H,29,36)(H,28,32,35)/t19-/m1/s1. The van der Waals surface area contributed by atoms with Gasteiger partial charge in [0.2, 0.25) is 11.8 Å². The Balaban J connectivity index is 1.72. The fraction of sp³-hybridized carbons (Fsp3) is 0.0370. The van der Waals surface area contributed by atoms with Crippen molar-refractivity contribution in [2.45, 2.75) is 5.92 Å². The van der Waals surface area contributed by atoms with Gasteiger partial charge < -0.3 is 9.84 Å². The molecule has 0 saturated heterocycles. The van der Waals surface area contributed by atoms with Crippen molar-refractivity contribution < 1.29 is 9.84 Å². The van der Waals surface area contributed by atoms with Crippen molar-refractivity contribution in [3.8, 4) is 28.9 Å². The Bertz CT molecular complexity index is 1900. The summed E-state index contributed by atoms with van der Waals surface area (Å²) in [5.41, 5.74) is -2.49. The third-order valence-electron chi connectivity index (χ3n) is 6.27. The van der Waals surface area contributed by atoms with Crippen molar-refractivity contribution in [3.63, 3.8) is 0 Å². The van der Waals surface area contributed by atoms with Gasteiger partial charge in [0.25, 0.3) is 11.1 Å². The molecule has 3 N–H and O–H groups in total. The lowest BCUT2D eigenvalue weighted by Crippen LogP contribution is -2.40. The summed E-state index contributed by atoms with van der Waals surface area (Å²) in [5, 5.41) is 11.4. The van der Waals surface area contributed by atoms with Crippen LogP contribution in [-0.4, -0.2) is 24.2 Å². The molecule has 10 nitrogen and oxygen atoms in total. The highest BCUT2D eigenvalue weighted by Crippen LogP contribution is 2.45. The summed E-state index contributed by atoms with van der Waals surface area (Å²) >= 11 is 0. The molecule has 37 heavy (non-hydrogen) atoms. The lowest BCUT2D eigenvalue weighted by molar-refractivity contribution is 0.406. The maximum absolute atomic E-state index is 13.9. The highest BCUT2D eigenvalue weighted by atomic mass is 16.5. The van der Waals surface area contributed by atoms with Gasteiger partial charge in [-0.1, -0.05) is 54.6 Å². The molecule has 0 radical (unpaired) electrons. The highest BCUT2D eigenvalue weighted by Gasteiger charge is 2.37. The molecule has 1 aliphatic heterocycles. The van der Waals surface area contributed by atoms with Gasteiger partial charge in [-0.25, -0.2) is 18.7 Å². The Kier molecular flexibility index (Phi) is 5.01. The average molecular weight is 494 g/mol. The number of hydrogen-bond acceptors (Lipinski definition) is 6. The molecule has 1 atom stereocenters. The molecule has 5 aromatic rings. The van der Waals surface area contributed by atoms with E-state index >= 15 is 0 Å². The van der Waals surface area contributed by atoms with Crippen LogP contribution in [0.5, 0.6) is 17.5 Å². The Morgan fingerprint density at radius 1 is 0.676 bits per heavy atom. The third kappa shape index (κ3) is 3.42. The Hall–Kier alpha value is -5.38. The third-order valence-corrected chi connectivity index (χ3v) is 6.27. The van der Waals surface area contributed by atoms with Gasteiger partial charge in [-0.05, 0) is 30.3 Å². The number of benzene rings is 3. The number of H-pyrrole nitrogens is 2. The van der Waals surface area contributed by atoms with Gasteiger partial charge in [-0.3, -0.25) is 19.6 Å². The van der Waals surface area contributed by atoms with Crippen molar-refractivity contribution in [1.29, 1.82) is 0 Å². The Morgan fingerprint density at radius 2 is 1.24 bits per heavy atom. The van der Waals surface area contributed by atoms with E-state index in [1.165, 1.54) is 0 Å². The minimum Gasteiger partial charge on any atom is -0.494 e. The molecule has 2 aromatic heterocycles. The average Bonchev–Trinajstić information content (AvgIpc) is 2.89. The van der Waals surface area contributed by atoms with Crippen LogP contribution in [0.4, 0.5) is 0 Å². The van der Waals surface area contributed by atoms with E-state index in [-0.39, 0.29) is 22.8 Å². The first kappa shape index (κ1) is 22.1. The fourth-order valence-corrected chi connectivity index (χ4v) is 4.67. The van der Waals surface area contributed by atoms with Crippen molar-refractivity contribution in [2.24, 2.45) is 0 Å². The van der Waals surface area contributed by atoms with Gasteiger partial charge in [0.05, 0.1) is 28.4 Å². The molecule has 182 valence electrons. The number of aromatic nitrogens is 4. The van der Waals surface area contributed by atoms with Crippen LogP contribution in [0.15, 0.2) is 104 Å². The molecule has 0 spiro atoms. The number of aromatic hydroxyl groups is 1. The molecule has 0 aliphatic carbocycles. The van der Waals surface area contributed by atoms with Crippen LogP contribution in [0.1, 0.15) is 22.6 Å². The van der Waals surface area contributed by atoms with Crippen molar-refractivity contribution >= 4 is 0 Å². The number of aromatic amines is 2. The van der Waals surface area contributed by atoms with E-state index in [4.69, 9.17) is 4.74 Å². The maximum atomic E-state index is 13.9. The molecule has 3 heterocycles. The lowest BCUT2D eigenvalue weighted by Gasteiger charge is -2.28. The first-order chi connectivity index (χ1) is 18.0. The second-order valence-corrected chi connectivity index (χ2v) is 8.39. The van der Waals surface area contributed by atoms with Gasteiger partial charge in [0.15, 0.2) is 0 Å². The summed E-state index contributed by atoms with van der Waals surface area (Å²) in [7, 11) is 0. The molecule has 0 amide bonds. The number of para-hydroxylation sites is 3. The van der Waals surface area contributed by atoms with Crippen LogP contribution in [0.25, 0.3) is 11.4 Å². The van der Waals surface area contributed by atoms with Gasteiger partial charge in [-0.15, -0.1) is 0 Å². The summed E-state index contributed by atoms with van der Waals surface area (Å²) in [6, 6.07) is 23.2. The van der Waals surface area contributed by atoms with E-state index in [1.54, 1.807) is 84.9 Å². The number of hydrogen-bond donors (Lipinski definition) is 3. The monoisotopic (exact) mass is 494 g/mol. The molecule has 0 saturated carbocycles. The minimum atomic E-state index is -1.17. The van der Waals surface area contributed by atoms with Crippen LogP contribution >= 0.6 is 0 Å². The number of rotatable bonds is 3. The topological polar surface area (TPSA) is 139 Å². The summed E-state index contributed by atoms with van der Waals surface area (Å²) in [4.78, 5) is 57.7. The minimum absolute atomic E-state index is 0.0683. The SMILES string of the molecule is O=c1[nH]c(=O)n(-c2ccccc2)c(O)c1[C@H]1c2ccccc2Oc2[nH]c(=O)n(-c3ccccc3)c(=O)c21. The number of nitrogens with zero attached hydrogens (tertiary/aromatic N) is 2. The number of nitrogens with one attached hydrogen (secondary N) is 2. The summed E-state index contributed by atoms with van der Waals surface area (Å²) < 4.78 is 7.76. The number of ether oxygens (including phenoxy) is 1. The van der Waals surface area contributed by atoms with Crippen LogP contribution in [-0.2, 0) is 0 Å². The quantitative estimate of drug-likeness (QED) is 0.345. The van der Waals surface area contributed by atoms with E-state index in [2.05, 4.69) is 9.97 Å². The first-order valence-corrected chi connectivity index (χ1v) is 11.3. The fourth-order valence-electron chi connectivity index (χ4n) is 4.67. The molecule has 3 aromatic carbocycles. The summed E-state index contributed by atoms with van der Waals surface area (Å²) in [6.07, 6.45) is 0. The van der Waals surface area contributed by atoms with E-state index < -0.39 is 34.3 Å². The molecule has 0 bridgehead atoms. The maximum Gasteiger partial charge on any atom is 0.335 e. The van der Waals surface area contributed by atoms with Crippen LogP contribution < -0.4 is 27.2 Å². The molecule has 6 rings (SSSR count). The van der Waals surface area contributed by atoms with Crippen LogP contribution in [0.3, 0.4) is 0 Å². The molecular weight excluding hydrogens is 476 g/mol. The molecular formula is C27H18N4O6. The van der Waals surface area contributed by atoms with Gasteiger partial charge in [0.1, 0.15) is 5.75 Å². The molecule has 1 aliphatic rings. The second kappa shape index (κ2) is 8.38. The largest absolute Gasteiger partial charge is 0.494 e. The van der Waals surface area contributed by atoms with E-state index in [0.29, 0.717) is 16.9 Å². The van der Waals surface area contributed by atoms with Gasteiger partial charge in [0, 0.05) is 5.56 Å². The predicted molar refractivity (Wildman–Crippen MR) is 134 cm³/mol. The number of fused-ring (bicyclic) bond motifs is 2. The van der Waals surface area contributed by atoms with Crippen LogP contribution in [0.2, 0.25) is 0 Å². The van der Waals surface area contributed by atoms with E-state index in [0.717, 1.165) is 9.13 Å². The van der Waals surface area contributed by atoms with Crippen LogP contribution in [0, 0.1) is 0 Å². The van der Waals surface area contributed by atoms with Crippen molar-refractivity contribution in [1.82, 2.24) is 19.1 Å². The summed E-state index contributed by atoms with van der Waals surface area (Å²) in [6.45, 7) is 0. The second-order valence-electron chi connectivity index (χ2n) is 8.39. The zero-order valence-electron chi connectivity index (χ0n) is 19.0. The van der Waals surface area contributed by atoms with Gasteiger partial charge >= 0.3 is 11.4 Å². The van der Waals surface area contributed by atoms with Gasteiger partial charge in [-0.2, -0.15) is 0 Å². The Morgan fingerprint density at radius 3 is 1.92 bits per heavy atom. The highest BCUT2D eigenvalue weighted by molar-refractivity contribution is 5.58. The zero-order valence-corrected chi connectivity index (χ0v) is 19.0.